The Morgan fingerprint density at radius 1 is 1.21 bits per heavy atom. The summed E-state index contributed by atoms with van der Waals surface area (Å²) in [5.41, 5.74) is 1.60. The number of rotatable bonds is 5. The molecule has 2 aromatic rings. The molecule has 1 aromatic carbocycles. The van der Waals surface area contributed by atoms with Crippen LogP contribution in [0.4, 0.5) is 13.2 Å². The minimum atomic E-state index is -4.73. The molecule has 29 heavy (non-hydrogen) atoms. The second kappa shape index (κ2) is 7.57. The molecule has 0 fully saturated rings. The molecule has 0 saturated heterocycles. The molecule has 1 aliphatic carbocycles. The molecule has 1 aliphatic rings. The number of benzene rings is 1. The van der Waals surface area contributed by atoms with E-state index in [1.165, 1.54) is 24.3 Å². The van der Waals surface area contributed by atoms with Crippen LogP contribution in [0.1, 0.15) is 58.1 Å². The molecule has 0 unspecified atom stereocenters. The van der Waals surface area contributed by atoms with Gasteiger partial charge in [-0.05, 0) is 36.5 Å². The Balaban J connectivity index is 1.60. The maximum atomic E-state index is 12.5. The number of hydrogen-bond donors (Lipinski definition) is 1. The Hall–Kier alpha value is -2.77. The molecular weight excluding hydrogens is 387 g/mol. The van der Waals surface area contributed by atoms with Gasteiger partial charge in [-0.3, -0.25) is 9.59 Å². The van der Waals surface area contributed by atoms with Crippen LogP contribution in [0.2, 0.25) is 0 Å². The molecule has 1 heterocycles. The number of carbonyl (C=O) groups excluding carboxylic acids is 2. The van der Waals surface area contributed by atoms with E-state index >= 15 is 0 Å². The Bertz CT molecular complexity index is 927. The Kier molecular flexibility index (Phi) is 5.47. The van der Waals surface area contributed by atoms with E-state index in [1.807, 2.05) is 13.8 Å². The first-order valence-electron chi connectivity index (χ1n) is 9.23. The highest BCUT2D eigenvalue weighted by Gasteiger charge is 2.37. The van der Waals surface area contributed by atoms with Crippen molar-refractivity contribution < 1.29 is 31.9 Å². The molecule has 8 heteroatoms. The normalized spacial score (nSPS) is 15.7. The number of fused-ring (bicyclic) bond motifs is 1. The molecule has 156 valence electrons. The molecule has 0 spiro atoms. The van der Waals surface area contributed by atoms with E-state index in [2.05, 4.69) is 10.1 Å². The van der Waals surface area contributed by atoms with Crippen LogP contribution < -0.4 is 10.1 Å². The summed E-state index contributed by atoms with van der Waals surface area (Å²) in [5.74, 6) is -0.0453. The predicted molar refractivity (Wildman–Crippen MR) is 99.0 cm³/mol. The smallest absolute Gasteiger partial charge is 0.455 e. The van der Waals surface area contributed by atoms with Crippen LogP contribution in [0.5, 0.6) is 5.75 Å². The van der Waals surface area contributed by atoms with E-state index in [0.717, 1.165) is 5.56 Å². The summed E-state index contributed by atoms with van der Waals surface area (Å²) in [6.07, 6.45) is -3.31. The summed E-state index contributed by atoms with van der Waals surface area (Å²) in [5, 5.41) is 2.73. The van der Waals surface area contributed by atoms with Gasteiger partial charge in [0, 0.05) is 24.9 Å². The lowest BCUT2D eigenvalue weighted by atomic mass is 9.76. The van der Waals surface area contributed by atoms with Crippen molar-refractivity contribution in [2.45, 2.75) is 46.4 Å². The van der Waals surface area contributed by atoms with E-state index in [0.29, 0.717) is 36.1 Å². The average Bonchev–Trinajstić information content (AvgIpc) is 2.90. The number of halogens is 3. The van der Waals surface area contributed by atoms with Gasteiger partial charge in [0.2, 0.25) is 0 Å². The first-order chi connectivity index (χ1) is 13.5. The molecule has 1 N–H and O–H groups in total. The van der Waals surface area contributed by atoms with E-state index in [4.69, 9.17) is 4.42 Å². The minimum absolute atomic E-state index is 0.0160. The second-order valence-corrected chi connectivity index (χ2v) is 7.99. The summed E-state index contributed by atoms with van der Waals surface area (Å²) in [4.78, 5) is 24.9. The molecule has 0 saturated carbocycles. The van der Waals surface area contributed by atoms with Crippen LogP contribution in [0.3, 0.4) is 0 Å². The molecular formula is C21H22F3NO4. The van der Waals surface area contributed by atoms with Gasteiger partial charge in [0.1, 0.15) is 11.5 Å². The quantitative estimate of drug-likeness (QED) is 0.783. The minimum Gasteiger partial charge on any atom is -0.455 e. The van der Waals surface area contributed by atoms with Gasteiger partial charge in [-0.15, -0.1) is 13.2 Å². The monoisotopic (exact) mass is 409 g/mol. The molecule has 5 nitrogen and oxygen atoms in total. The highest BCUT2D eigenvalue weighted by atomic mass is 19.4. The number of ether oxygens (including phenoxy) is 1. The largest absolute Gasteiger partial charge is 0.573 e. The molecule has 0 aliphatic heterocycles. The fourth-order valence-electron chi connectivity index (χ4n) is 3.56. The Labute approximate surface area is 166 Å². The summed E-state index contributed by atoms with van der Waals surface area (Å²) >= 11 is 0. The van der Waals surface area contributed by atoms with Crippen LogP contribution in [-0.2, 0) is 12.8 Å². The summed E-state index contributed by atoms with van der Waals surface area (Å²) in [6, 6.07) is 5.46. The highest BCUT2D eigenvalue weighted by Crippen LogP contribution is 2.38. The lowest BCUT2D eigenvalue weighted by Crippen LogP contribution is -2.26. The van der Waals surface area contributed by atoms with Crippen LogP contribution in [0, 0.1) is 12.3 Å². The zero-order chi connectivity index (χ0) is 21.4. The van der Waals surface area contributed by atoms with E-state index < -0.39 is 12.3 Å². The summed E-state index contributed by atoms with van der Waals surface area (Å²) < 4.78 is 46.1. The SMILES string of the molecule is Cc1c(C(=O)NCCc2ccc(OC(F)(F)F)cc2)oc2c1C(=O)CC(C)(C)C2. The second-order valence-electron chi connectivity index (χ2n) is 7.99. The number of hydrogen-bond acceptors (Lipinski definition) is 4. The van der Waals surface area contributed by atoms with Crippen molar-refractivity contribution in [3.05, 3.63) is 52.5 Å². The van der Waals surface area contributed by atoms with Gasteiger partial charge in [-0.1, -0.05) is 26.0 Å². The van der Waals surface area contributed by atoms with Gasteiger partial charge in [-0.25, -0.2) is 0 Å². The van der Waals surface area contributed by atoms with Gasteiger partial charge in [-0.2, -0.15) is 0 Å². The fraction of sp³-hybridized carbons (Fsp3) is 0.429. The van der Waals surface area contributed by atoms with E-state index in [9.17, 15) is 22.8 Å². The molecule has 1 aromatic heterocycles. The molecule has 0 radical (unpaired) electrons. The van der Waals surface area contributed by atoms with Crippen molar-refractivity contribution in [1.29, 1.82) is 0 Å². The van der Waals surface area contributed by atoms with Gasteiger partial charge in [0.25, 0.3) is 5.91 Å². The van der Waals surface area contributed by atoms with Gasteiger partial charge >= 0.3 is 6.36 Å². The number of furan rings is 1. The fourth-order valence-corrected chi connectivity index (χ4v) is 3.56. The summed E-state index contributed by atoms with van der Waals surface area (Å²) in [7, 11) is 0. The summed E-state index contributed by atoms with van der Waals surface area (Å²) in [6.45, 7) is 5.93. The number of ketones is 1. The molecule has 0 atom stereocenters. The van der Waals surface area contributed by atoms with Gasteiger partial charge in [0.15, 0.2) is 11.5 Å². The number of alkyl halides is 3. The van der Waals surface area contributed by atoms with Crippen molar-refractivity contribution in [3.8, 4) is 5.75 Å². The Morgan fingerprint density at radius 3 is 2.48 bits per heavy atom. The molecule has 0 bridgehead atoms. The molecule has 3 rings (SSSR count). The van der Waals surface area contributed by atoms with Crippen LogP contribution >= 0.6 is 0 Å². The van der Waals surface area contributed by atoms with Gasteiger partial charge < -0.3 is 14.5 Å². The lowest BCUT2D eigenvalue weighted by molar-refractivity contribution is -0.274. The van der Waals surface area contributed by atoms with Crippen molar-refractivity contribution in [1.82, 2.24) is 5.32 Å². The third-order valence-electron chi connectivity index (χ3n) is 4.84. The van der Waals surface area contributed by atoms with Crippen LogP contribution in [0.15, 0.2) is 28.7 Å². The average molecular weight is 409 g/mol. The standard InChI is InChI=1S/C21H22F3NO4/c1-12-17-15(26)10-20(2,3)11-16(17)28-18(12)19(27)25-9-8-13-4-6-14(7-5-13)29-21(22,23)24/h4-7H,8-11H2,1-3H3,(H,25,27). The number of Topliss-reactive ketones (excluding diaryl/α,β-unsaturated/α-hetero) is 1. The van der Waals surface area contributed by atoms with Crippen molar-refractivity contribution in [2.24, 2.45) is 5.41 Å². The number of carbonyl (C=O) groups is 2. The molecule has 1 amide bonds. The maximum Gasteiger partial charge on any atom is 0.573 e. The van der Waals surface area contributed by atoms with Crippen LogP contribution in [0.25, 0.3) is 0 Å². The zero-order valence-corrected chi connectivity index (χ0v) is 16.4. The van der Waals surface area contributed by atoms with E-state index in [-0.39, 0.29) is 29.3 Å². The third kappa shape index (κ3) is 4.99. The van der Waals surface area contributed by atoms with Crippen molar-refractivity contribution >= 4 is 11.7 Å². The van der Waals surface area contributed by atoms with Crippen molar-refractivity contribution in [2.75, 3.05) is 6.54 Å². The Morgan fingerprint density at radius 2 is 1.86 bits per heavy atom. The topological polar surface area (TPSA) is 68.5 Å². The maximum absolute atomic E-state index is 12.5. The van der Waals surface area contributed by atoms with Gasteiger partial charge in [0.05, 0.1) is 5.56 Å². The van der Waals surface area contributed by atoms with Crippen LogP contribution in [-0.4, -0.2) is 24.6 Å². The number of nitrogens with one attached hydrogen (secondary N) is 1. The first kappa shape index (κ1) is 21.0. The predicted octanol–water partition coefficient (Wildman–Crippen LogP) is 4.61. The first-order valence-corrected chi connectivity index (χ1v) is 9.23. The zero-order valence-electron chi connectivity index (χ0n) is 16.4. The number of amides is 1. The highest BCUT2D eigenvalue weighted by molar-refractivity contribution is 6.03. The van der Waals surface area contributed by atoms with Crippen molar-refractivity contribution in [3.63, 3.8) is 0 Å². The lowest BCUT2D eigenvalue weighted by Gasteiger charge is -2.27. The van der Waals surface area contributed by atoms with E-state index in [1.54, 1.807) is 6.92 Å². The third-order valence-corrected chi connectivity index (χ3v) is 4.84.